The van der Waals surface area contributed by atoms with Crippen LogP contribution in [0.2, 0.25) is 0 Å². The first-order valence-corrected chi connectivity index (χ1v) is 7.81. The summed E-state index contributed by atoms with van der Waals surface area (Å²) < 4.78 is 5.58. The molecule has 0 aliphatic carbocycles. The van der Waals surface area contributed by atoms with Crippen LogP contribution < -0.4 is 10.1 Å². The van der Waals surface area contributed by atoms with E-state index in [0.29, 0.717) is 12.5 Å². The van der Waals surface area contributed by atoms with Gasteiger partial charge in [-0.2, -0.15) is 0 Å². The Kier molecular flexibility index (Phi) is 6.44. The zero-order valence-electron chi connectivity index (χ0n) is 13.3. The molecule has 3 nitrogen and oxygen atoms in total. The number of aliphatic hydroxyl groups excluding tert-OH is 1. The summed E-state index contributed by atoms with van der Waals surface area (Å²) in [6.45, 7) is 5.15. The van der Waals surface area contributed by atoms with Gasteiger partial charge in [0.2, 0.25) is 0 Å². The second-order valence-electron chi connectivity index (χ2n) is 5.82. The highest BCUT2D eigenvalue weighted by Crippen LogP contribution is 2.21. The molecule has 22 heavy (non-hydrogen) atoms. The summed E-state index contributed by atoms with van der Waals surface area (Å²) in [6, 6.07) is 20.1. The van der Waals surface area contributed by atoms with E-state index in [-0.39, 0.29) is 12.6 Å². The van der Waals surface area contributed by atoms with Gasteiger partial charge in [-0.25, -0.2) is 0 Å². The van der Waals surface area contributed by atoms with Gasteiger partial charge >= 0.3 is 0 Å². The lowest BCUT2D eigenvalue weighted by Gasteiger charge is -2.24. The van der Waals surface area contributed by atoms with Crippen molar-refractivity contribution >= 4 is 0 Å². The average molecular weight is 299 g/mol. The van der Waals surface area contributed by atoms with Gasteiger partial charge in [-0.15, -0.1) is 0 Å². The highest BCUT2D eigenvalue weighted by Gasteiger charge is 2.16. The zero-order valence-corrected chi connectivity index (χ0v) is 13.3. The van der Waals surface area contributed by atoms with Crippen LogP contribution >= 0.6 is 0 Å². The van der Waals surface area contributed by atoms with E-state index in [1.807, 2.05) is 48.5 Å². The predicted molar refractivity (Wildman–Crippen MR) is 90.0 cm³/mol. The molecule has 0 radical (unpaired) electrons. The van der Waals surface area contributed by atoms with Crippen LogP contribution in [0.4, 0.5) is 0 Å². The van der Waals surface area contributed by atoms with Gasteiger partial charge in [-0.05, 0) is 23.6 Å². The summed E-state index contributed by atoms with van der Waals surface area (Å²) in [5.41, 5.74) is 1.24. The fourth-order valence-electron chi connectivity index (χ4n) is 2.43. The maximum atomic E-state index is 10.1. The molecule has 0 aliphatic rings. The van der Waals surface area contributed by atoms with Crippen molar-refractivity contribution in [1.82, 2.24) is 5.32 Å². The molecule has 2 aromatic carbocycles. The molecule has 0 amide bonds. The predicted octanol–water partition coefficient (Wildman–Crippen LogP) is 3.41. The molecule has 0 aliphatic heterocycles. The van der Waals surface area contributed by atoms with E-state index >= 15 is 0 Å². The Bertz CT molecular complexity index is 528. The lowest BCUT2D eigenvalue weighted by atomic mass is 9.96. The van der Waals surface area contributed by atoms with Crippen LogP contribution in [-0.4, -0.2) is 24.4 Å². The fourth-order valence-corrected chi connectivity index (χ4v) is 2.43. The Morgan fingerprint density at radius 2 is 1.55 bits per heavy atom. The summed E-state index contributed by atoms with van der Waals surface area (Å²) in [6.07, 6.45) is -0.537. The minimum Gasteiger partial charge on any atom is -0.491 e. The third kappa shape index (κ3) is 5.17. The smallest absolute Gasteiger partial charge is 0.119 e. The molecule has 2 rings (SSSR count). The van der Waals surface area contributed by atoms with Gasteiger partial charge in [0.05, 0.1) is 0 Å². The number of hydrogen-bond donors (Lipinski definition) is 2. The maximum absolute atomic E-state index is 10.1. The van der Waals surface area contributed by atoms with Crippen LogP contribution in [0.3, 0.4) is 0 Å². The Labute approximate surface area is 133 Å². The Balaban J connectivity index is 1.82. The molecule has 118 valence electrons. The van der Waals surface area contributed by atoms with Gasteiger partial charge in [0, 0.05) is 12.6 Å². The van der Waals surface area contributed by atoms with Crippen LogP contribution in [0.15, 0.2) is 60.7 Å². The molecular weight excluding hydrogens is 274 g/mol. The maximum Gasteiger partial charge on any atom is 0.119 e. The summed E-state index contributed by atoms with van der Waals surface area (Å²) in [5.74, 6) is 1.23. The number of benzene rings is 2. The highest BCUT2D eigenvalue weighted by molar-refractivity contribution is 5.21. The molecule has 0 fully saturated rings. The topological polar surface area (TPSA) is 41.5 Å². The van der Waals surface area contributed by atoms with E-state index in [2.05, 4.69) is 31.3 Å². The van der Waals surface area contributed by atoms with Crippen LogP contribution in [0.25, 0.3) is 0 Å². The molecular formula is C19H25NO2. The molecule has 0 saturated heterocycles. The third-order valence-electron chi connectivity index (χ3n) is 3.58. The SMILES string of the molecule is CC(C)C(NCC(O)COc1ccccc1)c1ccccc1. The van der Waals surface area contributed by atoms with Gasteiger partial charge < -0.3 is 15.2 Å². The third-order valence-corrected chi connectivity index (χ3v) is 3.58. The molecule has 0 spiro atoms. The number of para-hydroxylation sites is 1. The normalized spacial score (nSPS) is 13.8. The van der Waals surface area contributed by atoms with Crippen LogP contribution in [0, 0.1) is 5.92 Å². The minimum atomic E-state index is -0.537. The largest absolute Gasteiger partial charge is 0.491 e. The van der Waals surface area contributed by atoms with E-state index in [1.165, 1.54) is 5.56 Å². The molecule has 0 heterocycles. The van der Waals surface area contributed by atoms with Crippen LogP contribution in [0.1, 0.15) is 25.5 Å². The molecule has 2 unspecified atom stereocenters. The Hall–Kier alpha value is -1.84. The molecule has 2 aromatic rings. The standard InChI is InChI=1S/C19H25NO2/c1-15(2)19(16-9-5-3-6-10-16)20-13-17(21)14-22-18-11-7-4-8-12-18/h3-12,15,17,19-21H,13-14H2,1-2H3. The Morgan fingerprint density at radius 3 is 2.14 bits per heavy atom. The average Bonchev–Trinajstić information content (AvgIpc) is 2.55. The molecule has 2 atom stereocenters. The minimum absolute atomic E-state index is 0.229. The summed E-state index contributed by atoms with van der Waals surface area (Å²) in [5, 5.41) is 13.5. The lowest BCUT2D eigenvalue weighted by molar-refractivity contribution is 0.101. The first-order chi connectivity index (χ1) is 10.7. The molecule has 0 aromatic heterocycles. The van der Waals surface area contributed by atoms with Crippen molar-refractivity contribution in [3.63, 3.8) is 0 Å². The van der Waals surface area contributed by atoms with E-state index in [9.17, 15) is 5.11 Å². The second-order valence-corrected chi connectivity index (χ2v) is 5.82. The van der Waals surface area contributed by atoms with Crippen LogP contribution in [-0.2, 0) is 0 Å². The van der Waals surface area contributed by atoms with Crippen molar-refractivity contribution in [3.8, 4) is 5.75 Å². The van der Waals surface area contributed by atoms with Gasteiger partial charge in [-0.1, -0.05) is 62.4 Å². The fraction of sp³-hybridized carbons (Fsp3) is 0.368. The van der Waals surface area contributed by atoms with Crippen molar-refractivity contribution in [2.45, 2.75) is 26.0 Å². The van der Waals surface area contributed by atoms with E-state index < -0.39 is 6.10 Å². The number of aliphatic hydroxyl groups is 1. The van der Waals surface area contributed by atoms with E-state index in [4.69, 9.17) is 4.74 Å². The zero-order chi connectivity index (χ0) is 15.8. The molecule has 3 heteroatoms. The van der Waals surface area contributed by atoms with Crippen molar-refractivity contribution in [1.29, 1.82) is 0 Å². The van der Waals surface area contributed by atoms with Crippen molar-refractivity contribution in [2.24, 2.45) is 5.92 Å². The van der Waals surface area contributed by atoms with Gasteiger partial charge in [0.25, 0.3) is 0 Å². The van der Waals surface area contributed by atoms with Crippen molar-refractivity contribution in [3.05, 3.63) is 66.2 Å². The Morgan fingerprint density at radius 1 is 0.955 bits per heavy atom. The quantitative estimate of drug-likeness (QED) is 0.785. The highest BCUT2D eigenvalue weighted by atomic mass is 16.5. The number of hydrogen-bond acceptors (Lipinski definition) is 3. The lowest BCUT2D eigenvalue weighted by Crippen LogP contribution is -2.35. The first-order valence-electron chi connectivity index (χ1n) is 7.81. The van der Waals surface area contributed by atoms with Gasteiger partial charge in [-0.3, -0.25) is 0 Å². The summed E-state index contributed by atoms with van der Waals surface area (Å²) in [4.78, 5) is 0. The van der Waals surface area contributed by atoms with Crippen LogP contribution in [0.5, 0.6) is 5.75 Å². The van der Waals surface area contributed by atoms with E-state index in [0.717, 1.165) is 5.75 Å². The van der Waals surface area contributed by atoms with Crippen molar-refractivity contribution in [2.75, 3.05) is 13.2 Å². The molecule has 0 saturated carbocycles. The number of nitrogens with one attached hydrogen (secondary N) is 1. The van der Waals surface area contributed by atoms with Gasteiger partial charge in [0.15, 0.2) is 0 Å². The number of rotatable bonds is 8. The second kappa shape index (κ2) is 8.57. The summed E-state index contributed by atoms with van der Waals surface area (Å²) in [7, 11) is 0. The first kappa shape index (κ1) is 16.5. The summed E-state index contributed by atoms with van der Waals surface area (Å²) >= 11 is 0. The van der Waals surface area contributed by atoms with E-state index in [1.54, 1.807) is 0 Å². The van der Waals surface area contributed by atoms with Crippen molar-refractivity contribution < 1.29 is 9.84 Å². The number of ether oxygens (including phenoxy) is 1. The molecule has 0 bridgehead atoms. The van der Waals surface area contributed by atoms with Gasteiger partial charge in [0.1, 0.15) is 18.5 Å². The molecule has 2 N–H and O–H groups in total. The monoisotopic (exact) mass is 299 g/mol.